The van der Waals surface area contributed by atoms with E-state index in [9.17, 15) is 13.2 Å². The number of hydrogen-bond donors (Lipinski definition) is 0. The van der Waals surface area contributed by atoms with Gasteiger partial charge < -0.3 is 4.90 Å². The van der Waals surface area contributed by atoms with Gasteiger partial charge in [0.15, 0.2) is 0 Å². The Hall–Kier alpha value is -2.96. The molecule has 35 heavy (non-hydrogen) atoms. The fraction of sp³-hybridized carbons (Fsp3) is 0.345. The molecule has 1 fully saturated rings. The molecule has 0 N–H and O–H groups in total. The quantitative estimate of drug-likeness (QED) is 0.455. The van der Waals surface area contributed by atoms with Crippen LogP contribution in [0.2, 0.25) is 0 Å². The van der Waals surface area contributed by atoms with Gasteiger partial charge in [-0.2, -0.15) is 4.31 Å². The van der Waals surface area contributed by atoms with Crippen molar-refractivity contribution in [2.45, 2.75) is 51.6 Å². The first-order valence-corrected chi connectivity index (χ1v) is 13.6. The number of nitrogens with zero attached hydrogens (tertiary/aromatic N) is 2. The number of sulfonamides is 1. The first kappa shape index (κ1) is 25.1. The van der Waals surface area contributed by atoms with Crippen molar-refractivity contribution >= 4 is 15.9 Å². The summed E-state index contributed by atoms with van der Waals surface area (Å²) in [6, 6.07) is 23.7. The van der Waals surface area contributed by atoms with Crippen molar-refractivity contribution in [2.75, 3.05) is 13.1 Å². The Morgan fingerprint density at radius 3 is 1.91 bits per heavy atom. The molecule has 1 aliphatic rings. The van der Waals surface area contributed by atoms with Crippen LogP contribution in [0.25, 0.3) is 0 Å². The van der Waals surface area contributed by atoms with Crippen molar-refractivity contribution in [1.29, 1.82) is 0 Å². The average molecular weight is 491 g/mol. The summed E-state index contributed by atoms with van der Waals surface area (Å²) in [5.41, 5.74) is 4.67. The van der Waals surface area contributed by atoms with E-state index in [2.05, 4.69) is 0 Å². The van der Waals surface area contributed by atoms with Crippen LogP contribution in [0.5, 0.6) is 0 Å². The normalized spacial score (nSPS) is 16.7. The van der Waals surface area contributed by atoms with Crippen molar-refractivity contribution in [3.63, 3.8) is 0 Å². The van der Waals surface area contributed by atoms with Crippen LogP contribution in [-0.2, 0) is 27.9 Å². The van der Waals surface area contributed by atoms with E-state index in [1.54, 1.807) is 0 Å². The van der Waals surface area contributed by atoms with E-state index in [0.29, 0.717) is 37.4 Å². The van der Waals surface area contributed by atoms with Gasteiger partial charge in [-0.15, -0.1) is 0 Å². The molecule has 0 aliphatic carbocycles. The molecular formula is C29H34N2O3S. The van der Waals surface area contributed by atoms with Gasteiger partial charge in [0.25, 0.3) is 0 Å². The lowest BCUT2D eigenvalue weighted by Crippen LogP contribution is -2.46. The molecule has 0 aromatic heterocycles. The van der Waals surface area contributed by atoms with Crippen LogP contribution in [0.4, 0.5) is 0 Å². The summed E-state index contributed by atoms with van der Waals surface area (Å²) in [6.45, 7) is 7.31. The topological polar surface area (TPSA) is 57.7 Å². The molecule has 4 rings (SSSR count). The molecule has 184 valence electrons. The van der Waals surface area contributed by atoms with Crippen LogP contribution >= 0.6 is 0 Å². The number of carbonyl (C=O) groups excluding carboxylic acids is 1. The Balaban J connectivity index is 1.58. The molecule has 0 saturated carbocycles. The molecule has 0 spiro atoms. The third-order valence-corrected chi connectivity index (χ3v) is 8.85. The number of hydrogen-bond acceptors (Lipinski definition) is 3. The summed E-state index contributed by atoms with van der Waals surface area (Å²) in [6.07, 6.45) is 1.36. The maximum absolute atomic E-state index is 13.8. The van der Waals surface area contributed by atoms with Crippen LogP contribution in [-0.4, -0.2) is 36.6 Å². The van der Waals surface area contributed by atoms with Crippen molar-refractivity contribution in [1.82, 2.24) is 9.21 Å². The standard InChI is InChI=1S/C29H34N2O3S/c1-22-17-23(2)28(24(3)18-22)35(33,34)31-16-10-15-27(21-31)29(32)30(19-25-11-6-4-7-12-25)20-26-13-8-5-9-14-26/h4-9,11-14,17-18,27H,10,15-16,19-21H2,1-3H3/t27-/m1/s1. The second kappa shape index (κ2) is 10.8. The smallest absolute Gasteiger partial charge is 0.243 e. The molecule has 0 radical (unpaired) electrons. The lowest BCUT2D eigenvalue weighted by atomic mass is 9.97. The van der Waals surface area contributed by atoms with Gasteiger partial charge in [-0.1, -0.05) is 78.4 Å². The number of aryl methyl sites for hydroxylation is 3. The average Bonchev–Trinajstić information content (AvgIpc) is 2.84. The van der Waals surface area contributed by atoms with Crippen molar-refractivity contribution in [3.8, 4) is 0 Å². The van der Waals surface area contributed by atoms with Gasteiger partial charge >= 0.3 is 0 Å². The third kappa shape index (κ3) is 5.82. The van der Waals surface area contributed by atoms with Gasteiger partial charge in [0.2, 0.25) is 15.9 Å². The highest BCUT2D eigenvalue weighted by Gasteiger charge is 2.36. The third-order valence-electron chi connectivity index (χ3n) is 6.68. The van der Waals surface area contributed by atoms with E-state index >= 15 is 0 Å². The van der Waals surface area contributed by atoms with Crippen LogP contribution in [0.15, 0.2) is 77.7 Å². The Kier molecular flexibility index (Phi) is 7.72. The first-order valence-electron chi connectivity index (χ1n) is 12.2. The van der Waals surface area contributed by atoms with Crippen LogP contribution < -0.4 is 0 Å². The number of piperidine rings is 1. The fourth-order valence-electron chi connectivity index (χ4n) is 5.14. The van der Waals surface area contributed by atoms with Gasteiger partial charge in [-0.3, -0.25) is 4.79 Å². The Labute approximate surface area is 209 Å². The molecule has 1 heterocycles. The minimum absolute atomic E-state index is 0.00922. The second-order valence-corrected chi connectivity index (χ2v) is 11.5. The van der Waals surface area contributed by atoms with Gasteiger partial charge in [0, 0.05) is 26.2 Å². The van der Waals surface area contributed by atoms with Gasteiger partial charge in [0.1, 0.15) is 0 Å². The highest BCUT2D eigenvalue weighted by atomic mass is 32.2. The minimum Gasteiger partial charge on any atom is -0.334 e. The number of rotatable bonds is 7. The van der Waals surface area contributed by atoms with Crippen molar-refractivity contribution in [3.05, 3.63) is 101 Å². The second-order valence-electron chi connectivity index (χ2n) is 9.60. The van der Waals surface area contributed by atoms with Crippen molar-refractivity contribution in [2.24, 2.45) is 5.92 Å². The molecule has 3 aromatic rings. The lowest BCUT2D eigenvalue weighted by Gasteiger charge is -2.35. The predicted molar refractivity (Wildman–Crippen MR) is 139 cm³/mol. The molecule has 5 nitrogen and oxygen atoms in total. The maximum atomic E-state index is 13.8. The molecule has 1 saturated heterocycles. The SMILES string of the molecule is Cc1cc(C)c(S(=O)(=O)N2CCC[C@@H](C(=O)N(Cc3ccccc3)Cc3ccccc3)C2)c(C)c1. The van der Waals surface area contributed by atoms with Crippen LogP contribution in [0.1, 0.15) is 40.7 Å². The molecule has 0 unspecified atom stereocenters. The van der Waals surface area contributed by atoms with E-state index < -0.39 is 10.0 Å². The highest BCUT2D eigenvalue weighted by molar-refractivity contribution is 7.89. The summed E-state index contributed by atoms with van der Waals surface area (Å²) in [5, 5.41) is 0. The summed E-state index contributed by atoms with van der Waals surface area (Å²) in [7, 11) is -3.69. The van der Waals surface area contributed by atoms with Crippen LogP contribution in [0, 0.1) is 26.7 Å². The Morgan fingerprint density at radius 2 is 1.40 bits per heavy atom. The molecule has 1 aliphatic heterocycles. The zero-order valence-corrected chi connectivity index (χ0v) is 21.6. The molecule has 0 bridgehead atoms. The Bertz CT molecular complexity index is 1210. The van der Waals surface area contributed by atoms with E-state index in [1.165, 1.54) is 4.31 Å². The molecule has 6 heteroatoms. The summed E-state index contributed by atoms with van der Waals surface area (Å²) in [4.78, 5) is 16.0. The molecule has 1 amide bonds. The highest BCUT2D eigenvalue weighted by Crippen LogP contribution is 2.30. The van der Waals surface area contributed by atoms with Crippen LogP contribution in [0.3, 0.4) is 0 Å². The zero-order chi connectivity index (χ0) is 25.0. The minimum atomic E-state index is -3.69. The monoisotopic (exact) mass is 490 g/mol. The van der Waals surface area contributed by atoms with Gasteiger partial charge in [-0.05, 0) is 55.9 Å². The van der Waals surface area contributed by atoms with E-state index in [1.807, 2.05) is 98.5 Å². The first-order chi connectivity index (χ1) is 16.8. The van der Waals surface area contributed by atoms with E-state index in [4.69, 9.17) is 0 Å². The number of benzene rings is 3. The van der Waals surface area contributed by atoms with Gasteiger partial charge in [-0.25, -0.2) is 8.42 Å². The maximum Gasteiger partial charge on any atom is 0.243 e. The van der Waals surface area contributed by atoms with Crippen molar-refractivity contribution < 1.29 is 13.2 Å². The fourth-order valence-corrected chi connectivity index (χ4v) is 7.08. The van der Waals surface area contributed by atoms with Gasteiger partial charge in [0.05, 0.1) is 10.8 Å². The molecule has 3 aromatic carbocycles. The van der Waals surface area contributed by atoms with E-state index in [0.717, 1.165) is 27.8 Å². The molecular weight excluding hydrogens is 456 g/mol. The molecule has 1 atom stereocenters. The summed E-state index contributed by atoms with van der Waals surface area (Å²) < 4.78 is 28.8. The van der Waals surface area contributed by atoms with E-state index in [-0.39, 0.29) is 18.4 Å². The predicted octanol–water partition coefficient (Wildman–Crippen LogP) is 5.24. The summed E-state index contributed by atoms with van der Waals surface area (Å²) in [5.74, 6) is -0.355. The number of amides is 1. The largest absolute Gasteiger partial charge is 0.334 e. The zero-order valence-electron chi connectivity index (χ0n) is 20.8. The Morgan fingerprint density at radius 1 is 0.886 bits per heavy atom. The lowest BCUT2D eigenvalue weighted by molar-refractivity contribution is -0.138. The number of carbonyl (C=O) groups is 1. The summed E-state index contributed by atoms with van der Waals surface area (Å²) >= 11 is 0.